The second-order valence-corrected chi connectivity index (χ2v) is 3.83. The van der Waals surface area contributed by atoms with Crippen LogP contribution in [-0.4, -0.2) is 34.3 Å². The molecule has 0 bridgehead atoms. The van der Waals surface area contributed by atoms with E-state index in [2.05, 4.69) is 4.74 Å². The topological polar surface area (TPSA) is 70.3 Å². The van der Waals surface area contributed by atoms with Crippen molar-refractivity contribution in [3.8, 4) is 0 Å². The number of aryl methyl sites for hydroxylation is 1. The zero-order valence-corrected chi connectivity index (χ0v) is 10.2. The fourth-order valence-electron chi connectivity index (χ4n) is 1.34. The quantitative estimate of drug-likeness (QED) is 0.719. The Kier molecular flexibility index (Phi) is 4.30. The molecule has 0 saturated carbocycles. The van der Waals surface area contributed by atoms with E-state index in [1.54, 1.807) is 0 Å². The number of carbonyl (C=O) groups is 1. The van der Waals surface area contributed by atoms with E-state index in [4.69, 9.17) is 0 Å². The van der Waals surface area contributed by atoms with Crippen LogP contribution in [0.3, 0.4) is 0 Å². The average Bonchev–Trinajstić information content (AvgIpc) is 2.29. The largest absolute Gasteiger partial charge is 0.411 e. The molecule has 6 nitrogen and oxygen atoms in total. The van der Waals surface area contributed by atoms with Crippen LogP contribution in [0.1, 0.15) is 10.4 Å². The van der Waals surface area contributed by atoms with Crippen molar-refractivity contribution in [1.82, 2.24) is 9.13 Å². The molecule has 0 aromatic carbocycles. The molecule has 0 fully saturated rings. The van der Waals surface area contributed by atoms with Gasteiger partial charge in [0.05, 0.1) is 0 Å². The maximum atomic E-state index is 11.8. The third kappa shape index (κ3) is 3.78. The van der Waals surface area contributed by atoms with Gasteiger partial charge in [0, 0.05) is 20.3 Å². The SMILES string of the molecule is Cn1cc(C(=O)COCC(F)(F)F)c(=O)n(C)c1=O. The molecule has 0 atom stereocenters. The van der Waals surface area contributed by atoms with Crippen molar-refractivity contribution in [2.75, 3.05) is 13.2 Å². The zero-order valence-electron chi connectivity index (χ0n) is 10.2. The van der Waals surface area contributed by atoms with E-state index in [1.807, 2.05) is 0 Å². The summed E-state index contributed by atoms with van der Waals surface area (Å²) >= 11 is 0. The first-order valence-electron chi connectivity index (χ1n) is 5.08. The van der Waals surface area contributed by atoms with Crippen LogP contribution in [0.5, 0.6) is 0 Å². The van der Waals surface area contributed by atoms with Gasteiger partial charge in [0.25, 0.3) is 5.56 Å². The molecule has 0 aliphatic carbocycles. The molecular weight excluding hydrogens is 269 g/mol. The van der Waals surface area contributed by atoms with E-state index in [-0.39, 0.29) is 0 Å². The second-order valence-electron chi connectivity index (χ2n) is 3.83. The lowest BCUT2D eigenvalue weighted by Crippen LogP contribution is -2.40. The molecule has 9 heteroatoms. The number of ether oxygens (including phenoxy) is 1. The second kappa shape index (κ2) is 5.39. The first-order chi connectivity index (χ1) is 8.63. The maximum absolute atomic E-state index is 11.8. The number of aromatic nitrogens is 2. The van der Waals surface area contributed by atoms with Crippen LogP contribution in [0.2, 0.25) is 0 Å². The van der Waals surface area contributed by atoms with E-state index in [0.29, 0.717) is 4.57 Å². The molecule has 0 aliphatic rings. The number of alkyl halides is 3. The smallest absolute Gasteiger partial charge is 0.364 e. The Morgan fingerprint density at radius 3 is 2.42 bits per heavy atom. The summed E-state index contributed by atoms with van der Waals surface area (Å²) in [6, 6.07) is 0. The number of ketones is 1. The molecule has 1 aromatic rings. The number of nitrogens with zero attached hydrogens (tertiary/aromatic N) is 2. The van der Waals surface area contributed by atoms with Crippen LogP contribution in [0, 0.1) is 0 Å². The van der Waals surface area contributed by atoms with Gasteiger partial charge in [0.1, 0.15) is 18.8 Å². The number of Topliss-reactive ketones (excluding diaryl/α,β-unsaturated/α-hetero) is 1. The number of rotatable bonds is 4. The highest BCUT2D eigenvalue weighted by Crippen LogP contribution is 2.14. The van der Waals surface area contributed by atoms with Gasteiger partial charge in [-0.1, -0.05) is 0 Å². The van der Waals surface area contributed by atoms with E-state index in [1.165, 1.54) is 7.05 Å². The van der Waals surface area contributed by atoms with Crippen LogP contribution in [0.4, 0.5) is 13.2 Å². The lowest BCUT2D eigenvalue weighted by atomic mass is 10.2. The Hall–Kier alpha value is -1.90. The normalized spacial score (nSPS) is 11.6. The van der Waals surface area contributed by atoms with E-state index >= 15 is 0 Å². The van der Waals surface area contributed by atoms with Crippen LogP contribution >= 0.6 is 0 Å². The minimum absolute atomic E-state index is 0.397. The summed E-state index contributed by atoms with van der Waals surface area (Å²) in [5.74, 6) is -0.916. The van der Waals surface area contributed by atoms with Crippen molar-refractivity contribution in [1.29, 1.82) is 0 Å². The third-order valence-electron chi connectivity index (χ3n) is 2.25. The summed E-state index contributed by atoms with van der Waals surface area (Å²) < 4.78 is 41.3. The van der Waals surface area contributed by atoms with Crippen molar-refractivity contribution in [2.24, 2.45) is 14.1 Å². The van der Waals surface area contributed by atoms with Gasteiger partial charge in [-0.2, -0.15) is 13.2 Å². The Labute approximate surface area is 105 Å². The van der Waals surface area contributed by atoms with Crippen LogP contribution in [-0.2, 0) is 18.8 Å². The minimum Gasteiger partial charge on any atom is -0.364 e. The predicted molar refractivity (Wildman–Crippen MR) is 58.1 cm³/mol. The number of hydrogen-bond donors (Lipinski definition) is 0. The highest BCUT2D eigenvalue weighted by Gasteiger charge is 2.28. The average molecular weight is 280 g/mol. The van der Waals surface area contributed by atoms with Gasteiger partial charge >= 0.3 is 11.9 Å². The molecular formula is C10H11F3N2O4. The van der Waals surface area contributed by atoms with Crippen molar-refractivity contribution in [3.63, 3.8) is 0 Å². The summed E-state index contributed by atoms with van der Waals surface area (Å²) in [6.45, 7) is -2.46. The number of hydrogen-bond acceptors (Lipinski definition) is 4. The van der Waals surface area contributed by atoms with Gasteiger partial charge in [-0.25, -0.2) is 4.79 Å². The molecule has 1 aromatic heterocycles. The first-order valence-corrected chi connectivity index (χ1v) is 5.08. The fourth-order valence-corrected chi connectivity index (χ4v) is 1.34. The summed E-state index contributed by atoms with van der Waals surface area (Å²) in [6.07, 6.45) is -3.57. The number of halogens is 3. The van der Waals surface area contributed by atoms with Crippen LogP contribution in [0.15, 0.2) is 15.8 Å². The molecule has 0 N–H and O–H groups in total. The molecule has 19 heavy (non-hydrogen) atoms. The van der Waals surface area contributed by atoms with Crippen molar-refractivity contribution in [3.05, 3.63) is 32.6 Å². The molecule has 0 radical (unpaired) electrons. The lowest BCUT2D eigenvalue weighted by molar-refractivity contribution is -0.170. The van der Waals surface area contributed by atoms with E-state index in [9.17, 15) is 27.6 Å². The highest BCUT2D eigenvalue weighted by molar-refractivity contribution is 5.96. The standard InChI is InChI=1S/C10H11F3N2O4/c1-14-3-6(8(17)15(2)9(14)18)7(16)4-19-5-10(11,12)13/h3H,4-5H2,1-2H3. The molecule has 1 heterocycles. The monoisotopic (exact) mass is 280 g/mol. The highest BCUT2D eigenvalue weighted by atomic mass is 19.4. The van der Waals surface area contributed by atoms with Crippen molar-refractivity contribution < 1.29 is 22.7 Å². The fraction of sp³-hybridized carbons (Fsp3) is 0.500. The van der Waals surface area contributed by atoms with Gasteiger partial charge in [0.15, 0.2) is 5.78 Å². The van der Waals surface area contributed by atoms with Crippen molar-refractivity contribution >= 4 is 5.78 Å². The molecule has 0 spiro atoms. The van der Waals surface area contributed by atoms with Gasteiger partial charge in [-0.3, -0.25) is 14.2 Å². The molecule has 106 valence electrons. The van der Waals surface area contributed by atoms with E-state index < -0.39 is 42.0 Å². The summed E-state index contributed by atoms with van der Waals surface area (Å²) in [7, 11) is 2.48. The molecule has 0 saturated heterocycles. The Bertz CT molecular complexity index is 600. The Morgan fingerprint density at radius 1 is 1.32 bits per heavy atom. The molecule has 1 rings (SSSR count). The predicted octanol–water partition coefficient (Wildman–Crippen LogP) is -0.154. The van der Waals surface area contributed by atoms with Gasteiger partial charge in [-0.05, 0) is 0 Å². The number of carbonyl (C=O) groups excluding carboxylic acids is 1. The Balaban J connectivity index is 2.90. The van der Waals surface area contributed by atoms with Crippen molar-refractivity contribution in [2.45, 2.75) is 6.18 Å². The lowest BCUT2D eigenvalue weighted by Gasteiger charge is -2.08. The van der Waals surface area contributed by atoms with Gasteiger partial charge in [0.2, 0.25) is 0 Å². The molecule has 0 aliphatic heterocycles. The first kappa shape index (κ1) is 15.2. The maximum Gasteiger partial charge on any atom is 0.411 e. The zero-order chi connectivity index (χ0) is 14.8. The summed E-state index contributed by atoms with van der Waals surface area (Å²) in [4.78, 5) is 34.5. The van der Waals surface area contributed by atoms with Crippen LogP contribution in [0.25, 0.3) is 0 Å². The van der Waals surface area contributed by atoms with Gasteiger partial charge < -0.3 is 9.30 Å². The summed E-state index contributed by atoms with van der Waals surface area (Å²) in [5, 5.41) is 0. The summed E-state index contributed by atoms with van der Waals surface area (Å²) in [5.41, 5.74) is -1.91. The Morgan fingerprint density at radius 2 is 1.89 bits per heavy atom. The molecule has 0 amide bonds. The van der Waals surface area contributed by atoms with E-state index in [0.717, 1.165) is 17.8 Å². The van der Waals surface area contributed by atoms with Crippen LogP contribution < -0.4 is 11.2 Å². The van der Waals surface area contributed by atoms with Gasteiger partial charge in [-0.15, -0.1) is 0 Å². The minimum atomic E-state index is -4.55. The molecule has 0 unspecified atom stereocenters. The third-order valence-corrected chi connectivity index (χ3v) is 2.25.